The van der Waals surface area contributed by atoms with Gasteiger partial charge in [0.05, 0.1) is 0 Å². The van der Waals surface area contributed by atoms with Crippen LogP contribution >= 0.6 is 0 Å². The Bertz CT molecular complexity index is 561. The predicted octanol–water partition coefficient (Wildman–Crippen LogP) is 0.998. The number of hydrogen-bond donors (Lipinski definition) is 1. The molecule has 1 N–H and O–H groups in total. The van der Waals surface area contributed by atoms with Crippen molar-refractivity contribution in [1.29, 1.82) is 0 Å². The van der Waals surface area contributed by atoms with Gasteiger partial charge in [0.25, 0.3) is 0 Å². The molecule has 0 aromatic carbocycles. The first-order valence-electron chi connectivity index (χ1n) is 5.77. The van der Waals surface area contributed by atoms with Crippen molar-refractivity contribution >= 4 is 16.0 Å². The summed E-state index contributed by atoms with van der Waals surface area (Å²) in [4.78, 5) is 11.2. The molecule has 8 heteroatoms. The Morgan fingerprint density at radius 1 is 1.53 bits per heavy atom. The van der Waals surface area contributed by atoms with Gasteiger partial charge in [-0.05, 0) is 20.8 Å². The second-order valence-electron chi connectivity index (χ2n) is 4.71. The number of nitrogens with zero attached hydrogens (tertiary/aromatic N) is 2. The van der Waals surface area contributed by atoms with Gasteiger partial charge in [0.1, 0.15) is 22.7 Å². The van der Waals surface area contributed by atoms with Gasteiger partial charge in [0.2, 0.25) is 10.0 Å². The molecule has 0 fully saturated rings. The van der Waals surface area contributed by atoms with E-state index in [4.69, 9.17) is 9.63 Å². The molecular weight excluding hydrogens is 272 g/mol. The van der Waals surface area contributed by atoms with Crippen molar-refractivity contribution < 1.29 is 22.8 Å². The number of carboxylic acids is 1. The number of sulfonamides is 1. The summed E-state index contributed by atoms with van der Waals surface area (Å²) in [5.74, 6) is -1.07. The number of carboxylic acid groups (broad SMARTS) is 1. The molecule has 19 heavy (non-hydrogen) atoms. The minimum Gasteiger partial charge on any atom is -0.480 e. The molecule has 108 valence electrons. The summed E-state index contributed by atoms with van der Waals surface area (Å²) in [6, 6.07) is 1.51. The Labute approximate surface area is 112 Å². The number of rotatable bonds is 6. The van der Waals surface area contributed by atoms with E-state index in [0.29, 0.717) is 5.76 Å². The van der Waals surface area contributed by atoms with Gasteiger partial charge in [-0.15, -0.1) is 0 Å². The van der Waals surface area contributed by atoms with Crippen molar-refractivity contribution in [3.8, 4) is 0 Å². The number of aryl methyl sites for hydroxylation is 1. The molecule has 0 unspecified atom stereocenters. The lowest BCUT2D eigenvalue weighted by Crippen LogP contribution is -2.53. The Morgan fingerprint density at radius 2 is 2.11 bits per heavy atom. The number of hydrogen-bond acceptors (Lipinski definition) is 5. The quantitative estimate of drug-likeness (QED) is 0.838. The van der Waals surface area contributed by atoms with Crippen LogP contribution in [0.25, 0.3) is 0 Å². The van der Waals surface area contributed by atoms with Gasteiger partial charge in [-0.2, -0.15) is 4.31 Å². The molecule has 0 atom stereocenters. The highest BCUT2D eigenvalue weighted by molar-refractivity contribution is 7.88. The third-order valence-electron chi connectivity index (χ3n) is 2.78. The third kappa shape index (κ3) is 3.32. The van der Waals surface area contributed by atoms with Crippen molar-refractivity contribution in [2.24, 2.45) is 0 Å². The molecular formula is C11H18N2O5S. The Balaban J connectivity index is 3.06. The van der Waals surface area contributed by atoms with E-state index in [2.05, 4.69) is 5.16 Å². The van der Waals surface area contributed by atoms with E-state index in [1.54, 1.807) is 13.8 Å². The number of carbonyl (C=O) groups is 1. The van der Waals surface area contributed by atoms with Gasteiger partial charge in [-0.3, -0.25) is 4.79 Å². The summed E-state index contributed by atoms with van der Waals surface area (Å²) in [6.07, 6.45) is 0. The fraction of sp³-hybridized carbons (Fsp3) is 0.636. The molecule has 1 aromatic heterocycles. The molecule has 0 spiro atoms. The van der Waals surface area contributed by atoms with Crippen LogP contribution < -0.4 is 0 Å². The fourth-order valence-electron chi connectivity index (χ4n) is 1.80. The lowest BCUT2D eigenvalue weighted by Gasteiger charge is -2.32. The summed E-state index contributed by atoms with van der Waals surface area (Å²) in [5, 5.41) is 12.8. The number of likely N-dealkylation sites (N-methyl/N-ethyl adjacent to an activating group) is 1. The highest BCUT2D eigenvalue weighted by Crippen LogP contribution is 2.21. The first-order valence-corrected chi connectivity index (χ1v) is 7.38. The van der Waals surface area contributed by atoms with Gasteiger partial charge in [0, 0.05) is 12.6 Å². The Morgan fingerprint density at radius 3 is 2.47 bits per heavy atom. The van der Waals surface area contributed by atoms with Crippen molar-refractivity contribution in [2.75, 3.05) is 6.54 Å². The second-order valence-corrected chi connectivity index (χ2v) is 6.61. The Kier molecular flexibility index (Phi) is 4.36. The smallest absolute Gasteiger partial charge is 0.324 e. The van der Waals surface area contributed by atoms with Gasteiger partial charge < -0.3 is 9.63 Å². The molecule has 0 aliphatic rings. The van der Waals surface area contributed by atoms with E-state index in [1.807, 2.05) is 0 Å². The van der Waals surface area contributed by atoms with Gasteiger partial charge in [-0.1, -0.05) is 12.1 Å². The SMILES string of the molecule is CCN(C(C)(C)C(=O)O)S(=O)(=O)Cc1cc(C)on1. The zero-order valence-corrected chi connectivity index (χ0v) is 12.2. The second kappa shape index (κ2) is 5.30. The molecule has 1 aromatic rings. The van der Waals surface area contributed by atoms with E-state index >= 15 is 0 Å². The molecule has 0 aliphatic heterocycles. The first-order chi connectivity index (χ1) is 8.61. The molecule has 0 amide bonds. The van der Waals surface area contributed by atoms with E-state index in [1.165, 1.54) is 19.9 Å². The van der Waals surface area contributed by atoms with E-state index < -0.39 is 21.5 Å². The van der Waals surface area contributed by atoms with Crippen molar-refractivity contribution in [1.82, 2.24) is 9.46 Å². The maximum atomic E-state index is 12.3. The minimum absolute atomic E-state index is 0.0679. The van der Waals surface area contributed by atoms with Gasteiger partial charge in [0.15, 0.2) is 0 Å². The van der Waals surface area contributed by atoms with Crippen LogP contribution in [0.3, 0.4) is 0 Å². The average Bonchev–Trinajstić information content (AvgIpc) is 2.62. The van der Waals surface area contributed by atoms with Crippen molar-refractivity contribution in [3.63, 3.8) is 0 Å². The van der Waals surface area contributed by atoms with Gasteiger partial charge >= 0.3 is 5.97 Å². The van der Waals surface area contributed by atoms with Crippen LogP contribution in [0.5, 0.6) is 0 Å². The topological polar surface area (TPSA) is 101 Å². The summed E-state index contributed by atoms with van der Waals surface area (Å²) in [5.41, 5.74) is -1.25. The van der Waals surface area contributed by atoms with Crippen LogP contribution in [-0.2, 0) is 20.6 Å². The van der Waals surface area contributed by atoms with E-state index in [0.717, 1.165) is 4.31 Å². The van der Waals surface area contributed by atoms with Gasteiger partial charge in [-0.25, -0.2) is 8.42 Å². The molecule has 0 saturated carbocycles. The Hall–Kier alpha value is -1.41. The van der Waals surface area contributed by atoms with E-state index in [-0.39, 0.29) is 18.0 Å². The van der Waals surface area contributed by atoms with Crippen LogP contribution in [0.1, 0.15) is 32.2 Å². The van der Waals surface area contributed by atoms with Crippen LogP contribution in [0, 0.1) is 6.92 Å². The lowest BCUT2D eigenvalue weighted by molar-refractivity contribution is -0.146. The summed E-state index contributed by atoms with van der Waals surface area (Å²) in [6.45, 7) is 6.02. The molecule has 1 heterocycles. The highest BCUT2D eigenvalue weighted by atomic mass is 32.2. The predicted molar refractivity (Wildman–Crippen MR) is 68.0 cm³/mol. The molecule has 0 saturated heterocycles. The molecule has 0 radical (unpaired) electrons. The molecule has 0 bridgehead atoms. The van der Waals surface area contributed by atoms with Crippen LogP contribution in [0.15, 0.2) is 10.6 Å². The fourth-order valence-corrected chi connectivity index (χ4v) is 3.63. The van der Waals surface area contributed by atoms with E-state index in [9.17, 15) is 13.2 Å². The first kappa shape index (κ1) is 15.6. The maximum Gasteiger partial charge on any atom is 0.324 e. The van der Waals surface area contributed by atoms with Crippen molar-refractivity contribution in [3.05, 3.63) is 17.5 Å². The standard InChI is InChI=1S/C11H18N2O5S/c1-5-13(11(3,4)10(14)15)19(16,17)7-9-6-8(2)18-12-9/h6H,5,7H2,1-4H3,(H,14,15). The average molecular weight is 290 g/mol. The summed E-state index contributed by atoms with van der Waals surface area (Å²) < 4.78 is 30.3. The zero-order chi connectivity index (χ0) is 14.8. The van der Waals surface area contributed by atoms with Crippen LogP contribution in [-0.4, -0.2) is 41.0 Å². The van der Waals surface area contributed by atoms with Crippen LogP contribution in [0.2, 0.25) is 0 Å². The lowest BCUT2D eigenvalue weighted by atomic mass is 10.1. The highest BCUT2D eigenvalue weighted by Gasteiger charge is 2.41. The zero-order valence-electron chi connectivity index (χ0n) is 11.4. The van der Waals surface area contributed by atoms with Crippen molar-refractivity contribution in [2.45, 2.75) is 39.0 Å². The normalized spacial score (nSPS) is 12.9. The maximum absolute atomic E-state index is 12.3. The molecule has 0 aliphatic carbocycles. The molecule has 7 nitrogen and oxygen atoms in total. The summed E-state index contributed by atoms with van der Waals surface area (Å²) in [7, 11) is -3.78. The summed E-state index contributed by atoms with van der Waals surface area (Å²) >= 11 is 0. The third-order valence-corrected chi connectivity index (χ3v) is 4.82. The number of aromatic nitrogens is 1. The largest absolute Gasteiger partial charge is 0.480 e. The molecule has 1 rings (SSSR count). The monoisotopic (exact) mass is 290 g/mol. The van der Waals surface area contributed by atoms with Crippen LogP contribution in [0.4, 0.5) is 0 Å². The number of aliphatic carboxylic acids is 1. The minimum atomic E-state index is -3.78.